The molecule has 2 aromatic rings. The zero-order valence-electron chi connectivity index (χ0n) is 7.76. The van der Waals surface area contributed by atoms with Crippen LogP contribution < -0.4 is 0 Å². The average Bonchev–Trinajstić information content (AvgIpc) is 2.66. The van der Waals surface area contributed by atoms with Crippen molar-refractivity contribution in [1.82, 2.24) is 14.8 Å². The van der Waals surface area contributed by atoms with Crippen LogP contribution in [0.2, 0.25) is 5.02 Å². The van der Waals surface area contributed by atoms with Gasteiger partial charge < -0.3 is 5.11 Å². The minimum atomic E-state index is -1.19. The van der Waals surface area contributed by atoms with Crippen molar-refractivity contribution in [2.24, 2.45) is 0 Å². The Morgan fingerprint density at radius 3 is 2.88 bits per heavy atom. The molecule has 0 bridgehead atoms. The number of rotatable bonds is 2. The number of pyridine rings is 1. The van der Waals surface area contributed by atoms with Crippen LogP contribution in [-0.2, 0) is 0 Å². The number of carboxylic acids is 1. The SMILES string of the molecule is O=C(O)c1ccn(-c2ncc(Cl)cc2F)n1. The van der Waals surface area contributed by atoms with Crippen LogP contribution in [0.15, 0.2) is 24.5 Å². The molecule has 2 heterocycles. The van der Waals surface area contributed by atoms with E-state index in [1.165, 1.54) is 18.5 Å². The second kappa shape index (κ2) is 3.90. The Kier molecular flexibility index (Phi) is 2.57. The van der Waals surface area contributed by atoms with Crippen LogP contribution in [0.3, 0.4) is 0 Å². The lowest BCUT2D eigenvalue weighted by molar-refractivity contribution is 0.0690. The van der Waals surface area contributed by atoms with Crippen LogP contribution in [0.1, 0.15) is 10.5 Å². The van der Waals surface area contributed by atoms with Crippen molar-refractivity contribution < 1.29 is 14.3 Å². The van der Waals surface area contributed by atoms with E-state index in [0.29, 0.717) is 0 Å². The molecular weight excluding hydrogens is 237 g/mol. The van der Waals surface area contributed by atoms with E-state index in [0.717, 1.165) is 10.7 Å². The Labute approximate surface area is 94.1 Å². The first-order valence-corrected chi connectivity index (χ1v) is 4.56. The standard InChI is InChI=1S/C9H5ClFN3O2/c10-5-3-6(11)8(12-4-5)14-2-1-7(13-14)9(15)16/h1-4H,(H,15,16). The summed E-state index contributed by atoms with van der Waals surface area (Å²) in [4.78, 5) is 14.3. The van der Waals surface area contributed by atoms with Crippen LogP contribution >= 0.6 is 11.6 Å². The lowest BCUT2D eigenvalue weighted by atomic mass is 10.4. The molecule has 0 aliphatic carbocycles. The van der Waals surface area contributed by atoms with Crippen molar-refractivity contribution >= 4 is 17.6 Å². The number of carbonyl (C=O) groups is 1. The summed E-state index contributed by atoms with van der Waals surface area (Å²) in [6.45, 7) is 0. The average molecular weight is 242 g/mol. The first-order chi connectivity index (χ1) is 7.58. The van der Waals surface area contributed by atoms with E-state index < -0.39 is 11.8 Å². The third-order valence-corrected chi connectivity index (χ3v) is 2.02. The second-order valence-electron chi connectivity index (χ2n) is 2.91. The Hall–Kier alpha value is -1.95. The molecule has 0 fully saturated rings. The molecule has 0 aromatic carbocycles. The zero-order valence-corrected chi connectivity index (χ0v) is 8.52. The Balaban J connectivity index is 2.46. The number of aromatic nitrogens is 3. The molecule has 0 saturated carbocycles. The van der Waals surface area contributed by atoms with Crippen LogP contribution in [0.4, 0.5) is 4.39 Å². The fourth-order valence-electron chi connectivity index (χ4n) is 1.13. The van der Waals surface area contributed by atoms with Gasteiger partial charge >= 0.3 is 5.97 Å². The van der Waals surface area contributed by atoms with Gasteiger partial charge in [0.1, 0.15) is 0 Å². The lowest BCUT2D eigenvalue weighted by Crippen LogP contribution is -2.04. The first kappa shape index (κ1) is 10.6. The topological polar surface area (TPSA) is 68.0 Å². The first-order valence-electron chi connectivity index (χ1n) is 4.18. The highest BCUT2D eigenvalue weighted by Crippen LogP contribution is 2.14. The summed E-state index contributed by atoms with van der Waals surface area (Å²) < 4.78 is 14.4. The van der Waals surface area contributed by atoms with E-state index >= 15 is 0 Å². The monoisotopic (exact) mass is 241 g/mol. The molecule has 0 unspecified atom stereocenters. The van der Waals surface area contributed by atoms with Gasteiger partial charge in [0, 0.05) is 12.4 Å². The molecule has 0 radical (unpaired) electrons. The molecule has 0 spiro atoms. The molecule has 82 valence electrons. The van der Waals surface area contributed by atoms with Gasteiger partial charge in [-0.2, -0.15) is 5.10 Å². The van der Waals surface area contributed by atoms with Gasteiger partial charge in [0.25, 0.3) is 0 Å². The van der Waals surface area contributed by atoms with E-state index in [1.807, 2.05) is 0 Å². The van der Waals surface area contributed by atoms with Crippen LogP contribution in [0, 0.1) is 5.82 Å². The summed E-state index contributed by atoms with van der Waals surface area (Å²) in [5.41, 5.74) is -0.184. The van der Waals surface area contributed by atoms with Gasteiger partial charge in [-0.15, -0.1) is 0 Å². The zero-order chi connectivity index (χ0) is 11.7. The predicted octanol–water partition coefficient (Wildman–Crippen LogP) is 1.76. The quantitative estimate of drug-likeness (QED) is 0.870. The second-order valence-corrected chi connectivity index (χ2v) is 3.35. The van der Waals surface area contributed by atoms with Crippen molar-refractivity contribution in [2.45, 2.75) is 0 Å². The van der Waals surface area contributed by atoms with Gasteiger partial charge in [-0.05, 0) is 12.1 Å². The Bertz CT molecular complexity index is 555. The third-order valence-electron chi connectivity index (χ3n) is 1.81. The number of aromatic carboxylic acids is 1. The van der Waals surface area contributed by atoms with Gasteiger partial charge in [0.15, 0.2) is 17.3 Å². The van der Waals surface area contributed by atoms with Gasteiger partial charge in [-0.25, -0.2) is 18.9 Å². The largest absolute Gasteiger partial charge is 0.476 e. The van der Waals surface area contributed by atoms with Crippen molar-refractivity contribution in [3.05, 3.63) is 41.1 Å². The minimum absolute atomic E-state index is 0.100. The summed E-state index contributed by atoms with van der Waals surface area (Å²) in [5.74, 6) is -1.96. The number of carboxylic acid groups (broad SMARTS) is 1. The molecule has 5 nitrogen and oxygen atoms in total. The summed E-state index contributed by atoms with van der Waals surface area (Å²) >= 11 is 5.53. The molecule has 16 heavy (non-hydrogen) atoms. The molecular formula is C9H5ClFN3O2. The fourth-order valence-corrected chi connectivity index (χ4v) is 1.28. The maximum absolute atomic E-state index is 13.4. The highest BCUT2D eigenvalue weighted by Gasteiger charge is 2.11. The van der Waals surface area contributed by atoms with E-state index in [2.05, 4.69) is 10.1 Å². The van der Waals surface area contributed by atoms with E-state index in [1.54, 1.807) is 0 Å². The van der Waals surface area contributed by atoms with Crippen LogP contribution in [-0.4, -0.2) is 25.8 Å². The van der Waals surface area contributed by atoms with Crippen molar-refractivity contribution in [3.63, 3.8) is 0 Å². The van der Waals surface area contributed by atoms with E-state index in [4.69, 9.17) is 16.7 Å². The molecule has 0 aliphatic rings. The van der Waals surface area contributed by atoms with Gasteiger partial charge in [-0.3, -0.25) is 0 Å². The fraction of sp³-hybridized carbons (Fsp3) is 0. The summed E-state index contributed by atoms with van der Waals surface area (Å²) in [5, 5.41) is 12.4. The van der Waals surface area contributed by atoms with Crippen LogP contribution in [0.25, 0.3) is 5.82 Å². The summed E-state index contributed by atoms with van der Waals surface area (Å²) in [6.07, 6.45) is 2.56. The molecule has 0 atom stereocenters. The summed E-state index contributed by atoms with van der Waals surface area (Å²) in [6, 6.07) is 2.32. The number of hydrogen-bond donors (Lipinski definition) is 1. The predicted molar refractivity (Wildman–Crippen MR) is 53.3 cm³/mol. The summed E-state index contributed by atoms with van der Waals surface area (Å²) in [7, 11) is 0. The number of hydrogen-bond acceptors (Lipinski definition) is 3. The number of nitrogens with zero attached hydrogens (tertiary/aromatic N) is 3. The van der Waals surface area contributed by atoms with Gasteiger partial charge in [0.2, 0.25) is 0 Å². The van der Waals surface area contributed by atoms with E-state index in [-0.39, 0.29) is 16.5 Å². The van der Waals surface area contributed by atoms with Crippen LogP contribution in [0.5, 0.6) is 0 Å². The Morgan fingerprint density at radius 2 is 2.31 bits per heavy atom. The Morgan fingerprint density at radius 1 is 1.56 bits per heavy atom. The third kappa shape index (κ3) is 1.87. The molecule has 0 saturated heterocycles. The maximum atomic E-state index is 13.4. The molecule has 7 heteroatoms. The molecule has 2 aromatic heterocycles. The molecule has 2 rings (SSSR count). The van der Waals surface area contributed by atoms with Crippen molar-refractivity contribution in [2.75, 3.05) is 0 Å². The minimum Gasteiger partial charge on any atom is -0.476 e. The molecule has 0 aliphatic heterocycles. The molecule has 1 N–H and O–H groups in total. The molecule has 0 amide bonds. The number of halogens is 2. The highest BCUT2D eigenvalue weighted by molar-refractivity contribution is 6.30. The van der Waals surface area contributed by atoms with Gasteiger partial charge in [0.05, 0.1) is 5.02 Å². The van der Waals surface area contributed by atoms with Crippen molar-refractivity contribution in [3.8, 4) is 5.82 Å². The highest BCUT2D eigenvalue weighted by atomic mass is 35.5. The van der Waals surface area contributed by atoms with E-state index in [9.17, 15) is 9.18 Å². The normalized spacial score (nSPS) is 10.4. The van der Waals surface area contributed by atoms with Gasteiger partial charge in [-0.1, -0.05) is 11.6 Å². The maximum Gasteiger partial charge on any atom is 0.356 e. The van der Waals surface area contributed by atoms with Crippen molar-refractivity contribution in [1.29, 1.82) is 0 Å². The smallest absolute Gasteiger partial charge is 0.356 e. The lowest BCUT2D eigenvalue weighted by Gasteiger charge is -2.01.